The van der Waals surface area contributed by atoms with E-state index in [9.17, 15) is 9.59 Å². The van der Waals surface area contributed by atoms with Gasteiger partial charge in [0.25, 0.3) is 5.91 Å². The van der Waals surface area contributed by atoms with Gasteiger partial charge in [0.1, 0.15) is 0 Å². The number of amides is 1. The van der Waals surface area contributed by atoms with Crippen molar-refractivity contribution in [2.75, 3.05) is 5.32 Å². The fourth-order valence-electron chi connectivity index (χ4n) is 1.95. The lowest BCUT2D eigenvalue weighted by atomic mass is 10.1. The molecule has 4 nitrogen and oxygen atoms in total. The first-order valence-electron chi connectivity index (χ1n) is 6.29. The van der Waals surface area contributed by atoms with E-state index in [0.717, 1.165) is 15.6 Å². The van der Waals surface area contributed by atoms with E-state index in [1.54, 1.807) is 18.2 Å². The smallest absolute Gasteiger partial charge is 0.335 e. The molecule has 0 saturated heterocycles. The maximum absolute atomic E-state index is 12.3. The number of aryl methyl sites for hydroxylation is 2. The molecule has 0 aliphatic heterocycles. The second-order valence-corrected chi connectivity index (χ2v) is 5.72. The molecule has 0 radical (unpaired) electrons. The minimum absolute atomic E-state index is 0.140. The summed E-state index contributed by atoms with van der Waals surface area (Å²) in [5.74, 6) is -1.30. The van der Waals surface area contributed by atoms with Gasteiger partial charge in [0.15, 0.2) is 0 Å². The van der Waals surface area contributed by atoms with Crippen molar-refractivity contribution in [2.24, 2.45) is 0 Å². The van der Waals surface area contributed by atoms with E-state index in [2.05, 4.69) is 21.2 Å². The predicted molar refractivity (Wildman–Crippen MR) is 85.0 cm³/mol. The van der Waals surface area contributed by atoms with Crippen LogP contribution in [-0.2, 0) is 0 Å². The van der Waals surface area contributed by atoms with E-state index >= 15 is 0 Å². The molecule has 2 N–H and O–H groups in total. The van der Waals surface area contributed by atoms with E-state index in [-0.39, 0.29) is 11.5 Å². The molecule has 2 aromatic carbocycles. The van der Waals surface area contributed by atoms with E-state index in [1.165, 1.54) is 12.1 Å². The third kappa shape index (κ3) is 3.70. The predicted octanol–water partition coefficient (Wildman–Crippen LogP) is 4.02. The Morgan fingerprint density at radius 3 is 2.38 bits per heavy atom. The van der Waals surface area contributed by atoms with Crippen molar-refractivity contribution in [1.29, 1.82) is 0 Å². The molecule has 108 valence electrons. The SMILES string of the molecule is Cc1cc(Br)cc(C(=O)Nc2cc(C(=O)O)ccc2C)c1. The largest absolute Gasteiger partial charge is 0.478 e. The molecule has 21 heavy (non-hydrogen) atoms. The van der Waals surface area contributed by atoms with Gasteiger partial charge in [0, 0.05) is 15.7 Å². The first-order valence-corrected chi connectivity index (χ1v) is 7.08. The van der Waals surface area contributed by atoms with Crippen LogP contribution in [0.5, 0.6) is 0 Å². The van der Waals surface area contributed by atoms with Crippen LogP contribution in [0.2, 0.25) is 0 Å². The maximum Gasteiger partial charge on any atom is 0.335 e. The average molecular weight is 348 g/mol. The molecule has 0 aliphatic rings. The minimum Gasteiger partial charge on any atom is -0.478 e. The standard InChI is InChI=1S/C16H14BrNO3/c1-9-5-12(7-13(17)6-9)15(19)18-14-8-11(16(20)21)4-3-10(14)2/h3-8H,1-2H3,(H,18,19)(H,20,21). The van der Waals surface area contributed by atoms with E-state index in [0.29, 0.717) is 11.3 Å². The van der Waals surface area contributed by atoms with Crippen LogP contribution in [0, 0.1) is 13.8 Å². The van der Waals surface area contributed by atoms with Crippen molar-refractivity contribution in [1.82, 2.24) is 0 Å². The summed E-state index contributed by atoms with van der Waals surface area (Å²) in [6.45, 7) is 3.71. The van der Waals surface area contributed by atoms with E-state index in [4.69, 9.17) is 5.11 Å². The summed E-state index contributed by atoms with van der Waals surface area (Å²) in [6.07, 6.45) is 0. The summed E-state index contributed by atoms with van der Waals surface area (Å²) >= 11 is 3.35. The molecule has 0 atom stereocenters. The van der Waals surface area contributed by atoms with Gasteiger partial charge < -0.3 is 10.4 Å². The Kier molecular flexibility index (Phi) is 4.43. The van der Waals surface area contributed by atoms with Crippen LogP contribution >= 0.6 is 15.9 Å². The number of hydrogen-bond donors (Lipinski definition) is 2. The lowest BCUT2D eigenvalue weighted by Gasteiger charge is -2.10. The molecule has 0 bridgehead atoms. The number of carbonyl (C=O) groups is 2. The highest BCUT2D eigenvalue weighted by molar-refractivity contribution is 9.10. The third-order valence-corrected chi connectivity index (χ3v) is 3.49. The van der Waals surface area contributed by atoms with Gasteiger partial charge in [-0.2, -0.15) is 0 Å². The molecule has 1 amide bonds. The highest BCUT2D eigenvalue weighted by Crippen LogP contribution is 2.20. The maximum atomic E-state index is 12.3. The summed E-state index contributed by atoms with van der Waals surface area (Å²) in [5, 5.41) is 11.8. The van der Waals surface area contributed by atoms with E-state index in [1.807, 2.05) is 19.9 Å². The van der Waals surface area contributed by atoms with Gasteiger partial charge in [0.2, 0.25) is 0 Å². The second kappa shape index (κ2) is 6.10. The zero-order chi connectivity index (χ0) is 15.6. The topological polar surface area (TPSA) is 66.4 Å². The van der Waals surface area contributed by atoms with Gasteiger partial charge in [-0.25, -0.2) is 4.79 Å². The van der Waals surface area contributed by atoms with Gasteiger partial charge in [0.05, 0.1) is 5.56 Å². The Morgan fingerprint density at radius 2 is 1.76 bits per heavy atom. The fourth-order valence-corrected chi connectivity index (χ4v) is 2.56. The highest BCUT2D eigenvalue weighted by atomic mass is 79.9. The van der Waals surface area contributed by atoms with Crippen LogP contribution in [0.15, 0.2) is 40.9 Å². The average Bonchev–Trinajstić information content (AvgIpc) is 2.39. The molecular formula is C16H14BrNO3. The van der Waals surface area contributed by atoms with Gasteiger partial charge in [-0.3, -0.25) is 4.79 Å². The molecule has 2 aromatic rings. The van der Waals surface area contributed by atoms with Crippen molar-refractivity contribution >= 4 is 33.5 Å². The molecule has 5 heteroatoms. The summed E-state index contributed by atoms with van der Waals surface area (Å²) in [5.41, 5.74) is 2.92. The van der Waals surface area contributed by atoms with Gasteiger partial charge in [-0.05, 0) is 55.3 Å². The second-order valence-electron chi connectivity index (χ2n) is 4.81. The molecule has 0 saturated carbocycles. The Bertz CT molecular complexity index is 705. The van der Waals surface area contributed by atoms with Crippen LogP contribution in [0.3, 0.4) is 0 Å². The normalized spacial score (nSPS) is 10.2. The molecule has 0 aliphatic carbocycles. The third-order valence-electron chi connectivity index (χ3n) is 3.04. The van der Waals surface area contributed by atoms with Crippen molar-refractivity contribution in [3.8, 4) is 0 Å². The van der Waals surface area contributed by atoms with Crippen LogP contribution < -0.4 is 5.32 Å². The number of anilines is 1. The number of carbonyl (C=O) groups excluding carboxylic acids is 1. The zero-order valence-electron chi connectivity index (χ0n) is 11.6. The molecule has 0 spiro atoms. The summed E-state index contributed by atoms with van der Waals surface area (Å²) in [6, 6.07) is 10.0. The number of aromatic carboxylic acids is 1. The molecule has 2 rings (SSSR count). The molecule has 0 fully saturated rings. The van der Waals surface area contributed by atoms with Gasteiger partial charge >= 0.3 is 5.97 Å². The van der Waals surface area contributed by atoms with Crippen LogP contribution in [0.4, 0.5) is 5.69 Å². The summed E-state index contributed by atoms with van der Waals surface area (Å²) < 4.78 is 0.823. The summed E-state index contributed by atoms with van der Waals surface area (Å²) in [4.78, 5) is 23.3. The monoisotopic (exact) mass is 347 g/mol. The zero-order valence-corrected chi connectivity index (χ0v) is 13.2. The van der Waals surface area contributed by atoms with Crippen molar-refractivity contribution in [2.45, 2.75) is 13.8 Å². The quantitative estimate of drug-likeness (QED) is 0.881. The lowest BCUT2D eigenvalue weighted by Crippen LogP contribution is -2.13. The molecule has 0 heterocycles. The van der Waals surface area contributed by atoms with Crippen molar-refractivity contribution < 1.29 is 14.7 Å². The van der Waals surface area contributed by atoms with Gasteiger partial charge in [-0.15, -0.1) is 0 Å². The van der Waals surface area contributed by atoms with Crippen molar-refractivity contribution in [3.63, 3.8) is 0 Å². The lowest BCUT2D eigenvalue weighted by molar-refractivity contribution is 0.0696. The number of halogens is 1. The Hall–Kier alpha value is -2.14. The Labute approximate surface area is 130 Å². The molecule has 0 aromatic heterocycles. The fraction of sp³-hybridized carbons (Fsp3) is 0.125. The number of nitrogens with one attached hydrogen (secondary N) is 1. The summed E-state index contributed by atoms with van der Waals surface area (Å²) in [7, 11) is 0. The highest BCUT2D eigenvalue weighted by Gasteiger charge is 2.11. The number of benzene rings is 2. The van der Waals surface area contributed by atoms with Crippen LogP contribution in [-0.4, -0.2) is 17.0 Å². The number of carboxylic acid groups (broad SMARTS) is 1. The molecular weight excluding hydrogens is 334 g/mol. The van der Waals surface area contributed by atoms with Gasteiger partial charge in [-0.1, -0.05) is 22.0 Å². The van der Waals surface area contributed by atoms with Crippen LogP contribution in [0.1, 0.15) is 31.8 Å². The Balaban J connectivity index is 2.31. The van der Waals surface area contributed by atoms with Crippen LogP contribution in [0.25, 0.3) is 0 Å². The molecule has 0 unspecified atom stereocenters. The number of rotatable bonds is 3. The first-order chi connectivity index (χ1) is 9.86. The van der Waals surface area contributed by atoms with E-state index < -0.39 is 5.97 Å². The van der Waals surface area contributed by atoms with Crippen molar-refractivity contribution in [3.05, 3.63) is 63.1 Å². The Morgan fingerprint density at radius 1 is 1.05 bits per heavy atom. The minimum atomic E-state index is -1.02. The first kappa shape index (κ1) is 15.3. The number of hydrogen-bond acceptors (Lipinski definition) is 2. The number of carboxylic acids is 1.